The molecule has 1 aliphatic rings. The summed E-state index contributed by atoms with van der Waals surface area (Å²) < 4.78 is 19.9. The van der Waals surface area contributed by atoms with E-state index in [1.807, 2.05) is 75.7 Å². The third-order valence-corrected chi connectivity index (χ3v) is 5.20. The third kappa shape index (κ3) is 2.77. The van der Waals surface area contributed by atoms with Crippen LogP contribution in [0.2, 0.25) is 0 Å². The van der Waals surface area contributed by atoms with Crippen LogP contribution in [0, 0.1) is 0 Å². The van der Waals surface area contributed by atoms with Crippen molar-refractivity contribution < 1.29 is 14.0 Å². The summed E-state index contributed by atoms with van der Waals surface area (Å²) in [6.07, 6.45) is 1.74. The molecule has 134 valence electrons. The van der Waals surface area contributed by atoms with Crippen LogP contribution in [0.5, 0.6) is 11.8 Å². The molecule has 0 aliphatic carbocycles. The lowest BCUT2D eigenvalue weighted by Gasteiger charge is -2.32. The highest BCUT2D eigenvalue weighted by molar-refractivity contribution is 6.62. The molecule has 0 amide bonds. The van der Waals surface area contributed by atoms with Crippen LogP contribution in [0.3, 0.4) is 0 Å². The predicted molar refractivity (Wildman–Crippen MR) is 101 cm³/mol. The second-order valence-corrected chi connectivity index (χ2v) is 7.56. The smallest absolute Gasteiger partial charge is 0.425 e. The third-order valence-electron chi connectivity index (χ3n) is 5.20. The van der Waals surface area contributed by atoms with Crippen LogP contribution < -0.4 is 10.2 Å². The van der Waals surface area contributed by atoms with Crippen LogP contribution in [0.15, 0.2) is 42.6 Å². The fourth-order valence-electron chi connectivity index (χ4n) is 2.87. The van der Waals surface area contributed by atoms with Crippen LogP contribution in [-0.2, 0) is 16.4 Å². The minimum atomic E-state index is -0.381. The van der Waals surface area contributed by atoms with Crippen LogP contribution >= 0.6 is 0 Å². The van der Waals surface area contributed by atoms with Crippen molar-refractivity contribution in [3.8, 4) is 11.8 Å². The van der Waals surface area contributed by atoms with Crippen molar-refractivity contribution in [1.82, 2.24) is 14.5 Å². The van der Waals surface area contributed by atoms with Crippen molar-refractivity contribution in [3.63, 3.8) is 0 Å². The van der Waals surface area contributed by atoms with E-state index in [9.17, 15) is 0 Å². The average molecular weight is 351 g/mol. The Morgan fingerprint density at radius 3 is 2.27 bits per heavy atom. The number of hydrogen-bond acceptors (Lipinski definition) is 5. The fourth-order valence-corrected chi connectivity index (χ4v) is 2.87. The largest absolute Gasteiger partial charge is 0.494 e. The van der Waals surface area contributed by atoms with Gasteiger partial charge < -0.3 is 14.0 Å². The maximum Gasteiger partial charge on any atom is 0.494 e. The molecule has 1 aliphatic heterocycles. The van der Waals surface area contributed by atoms with E-state index in [2.05, 4.69) is 9.97 Å². The predicted octanol–water partition coefficient (Wildman–Crippen LogP) is 3.06. The van der Waals surface area contributed by atoms with Gasteiger partial charge in [0.25, 0.3) is 0 Å². The molecular weight excluding hydrogens is 329 g/mol. The maximum atomic E-state index is 6.08. The molecule has 0 N–H and O–H groups in total. The summed E-state index contributed by atoms with van der Waals surface area (Å²) in [5.41, 5.74) is 1.85. The quantitative estimate of drug-likeness (QED) is 0.679. The Morgan fingerprint density at radius 2 is 1.65 bits per heavy atom. The number of benzene rings is 1. The van der Waals surface area contributed by atoms with Gasteiger partial charge in [-0.3, -0.25) is 4.57 Å². The van der Waals surface area contributed by atoms with Gasteiger partial charge in [-0.2, -0.15) is 4.98 Å². The van der Waals surface area contributed by atoms with Crippen molar-refractivity contribution >= 4 is 23.7 Å². The Labute approximate surface area is 153 Å². The second kappa shape index (κ2) is 5.82. The molecule has 3 heterocycles. The first-order chi connectivity index (χ1) is 12.3. The van der Waals surface area contributed by atoms with E-state index in [0.29, 0.717) is 11.8 Å². The van der Waals surface area contributed by atoms with E-state index < -0.39 is 0 Å². The summed E-state index contributed by atoms with van der Waals surface area (Å²) in [6, 6.07) is 12.0. The zero-order chi connectivity index (χ0) is 18.5. The molecule has 6 nitrogen and oxygen atoms in total. The molecule has 0 unspecified atom stereocenters. The van der Waals surface area contributed by atoms with Gasteiger partial charge in [0.05, 0.1) is 11.2 Å². The van der Waals surface area contributed by atoms with Crippen LogP contribution in [0.4, 0.5) is 0 Å². The van der Waals surface area contributed by atoms with E-state index in [4.69, 9.17) is 14.0 Å². The first kappa shape index (κ1) is 17.1. The van der Waals surface area contributed by atoms with Gasteiger partial charge in [-0.1, -0.05) is 12.1 Å². The molecule has 0 saturated carbocycles. The molecule has 26 heavy (non-hydrogen) atoms. The van der Waals surface area contributed by atoms with Crippen molar-refractivity contribution in [2.45, 2.75) is 38.9 Å². The number of hydrogen-bond donors (Lipinski definition) is 0. The normalized spacial score (nSPS) is 18.4. The molecule has 0 bridgehead atoms. The monoisotopic (exact) mass is 351 g/mol. The van der Waals surface area contributed by atoms with Crippen molar-refractivity contribution in [3.05, 3.63) is 42.6 Å². The Kier molecular flexibility index (Phi) is 3.82. The Bertz CT molecular complexity index is 934. The topological polar surface area (TPSA) is 58.4 Å². The van der Waals surface area contributed by atoms with Gasteiger partial charge in [0.1, 0.15) is 11.3 Å². The lowest BCUT2D eigenvalue weighted by atomic mass is 9.79. The summed E-state index contributed by atoms with van der Waals surface area (Å²) in [4.78, 5) is 8.80. The molecule has 4 rings (SSSR count). The highest BCUT2D eigenvalue weighted by atomic mass is 16.7. The number of fused-ring (bicyclic) bond motifs is 1. The highest BCUT2D eigenvalue weighted by Gasteiger charge is 2.51. The number of ether oxygens (including phenoxy) is 1. The van der Waals surface area contributed by atoms with Crippen molar-refractivity contribution in [2.75, 3.05) is 0 Å². The van der Waals surface area contributed by atoms with Gasteiger partial charge in [-0.05, 0) is 57.4 Å². The van der Waals surface area contributed by atoms with Crippen molar-refractivity contribution in [1.29, 1.82) is 0 Å². The van der Waals surface area contributed by atoms with Crippen LogP contribution in [-0.4, -0.2) is 32.9 Å². The zero-order valence-electron chi connectivity index (χ0n) is 15.7. The highest BCUT2D eigenvalue weighted by Crippen LogP contribution is 2.36. The number of imidazole rings is 1. The molecule has 0 spiro atoms. The number of rotatable bonds is 3. The molecule has 0 atom stereocenters. The Morgan fingerprint density at radius 1 is 1.00 bits per heavy atom. The summed E-state index contributed by atoms with van der Waals surface area (Å²) in [5.74, 6) is 0.698. The van der Waals surface area contributed by atoms with E-state index >= 15 is 0 Å². The summed E-state index contributed by atoms with van der Waals surface area (Å²) in [7, 11) is 1.50. The second-order valence-electron chi connectivity index (χ2n) is 7.56. The molecular formula is C19H22BN3O3. The van der Waals surface area contributed by atoms with Gasteiger partial charge >= 0.3 is 13.1 Å². The zero-order valence-corrected chi connectivity index (χ0v) is 15.7. The van der Waals surface area contributed by atoms with Crippen LogP contribution in [0.25, 0.3) is 11.2 Å². The minimum absolute atomic E-state index is 0.354. The van der Waals surface area contributed by atoms with E-state index in [-0.39, 0.29) is 18.3 Å². The minimum Gasteiger partial charge on any atom is -0.425 e. The Hall–Kier alpha value is -2.38. The molecule has 3 aromatic rings. The fraction of sp³-hybridized carbons (Fsp3) is 0.368. The molecule has 1 saturated heterocycles. The average Bonchev–Trinajstić information content (AvgIpc) is 3.02. The van der Waals surface area contributed by atoms with Gasteiger partial charge in [0.2, 0.25) is 0 Å². The molecule has 1 aromatic carbocycles. The number of pyridine rings is 1. The Balaban J connectivity index is 1.54. The van der Waals surface area contributed by atoms with Gasteiger partial charge in [0.15, 0.2) is 5.65 Å². The van der Waals surface area contributed by atoms with Gasteiger partial charge in [-0.25, -0.2) is 4.98 Å². The van der Waals surface area contributed by atoms with E-state index in [1.54, 1.807) is 6.20 Å². The van der Waals surface area contributed by atoms with E-state index in [1.165, 1.54) is 0 Å². The summed E-state index contributed by atoms with van der Waals surface area (Å²) in [6.45, 7) is 8.18. The number of aryl methyl sites for hydroxylation is 1. The summed E-state index contributed by atoms with van der Waals surface area (Å²) in [5, 5.41) is 0. The molecule has 0 radical (unpaired) electrons. The summed E-state index contributed by atoms with van der Waals surface area (Å²) >= 11 is 0. The van der Waals surface area contributed by atoms with Gasteiger partial charge in [-0.15, -0.1) is 0 Å². The van der Waals surface area contributed by atoms with Gasteiger partial charge in [0, 0.05) is 13.2 Å². The number of nitrogens with zero attached hydrogens (tertiary/aromatic N) is 3. The standard InChI is InChI=1S/C19H22BN3O3/c1-18(2)19(3,4)26-20(25-18)13-8-10-14(11-9-13)24-17-22-15-7-6-12-21-16(15)23(17)5/h6-12H,1-5H3. The first-order valence-corrected chi connectivity index (χ1v) is 8.68. The SMILES string of the molecule is Cn1c(Oc2ccc(B3OC(C)(C)C(C)(C)O3)cc2)nc2cccnc21. The molecule has 2 aromatic heterocycles. The molecule has 1 fully saturated rings. The maximum absolute atomic E-state index is 6.08. The molecule has 7 heteroatoms. The lowest BCUT2D eigenvalue weighted by molar-refractivity contribution is 0.00578. The van der Waals surface area contributed by atoms with E-state index in [0.717, 1.165) is 16.6 Å². The van der Waals surface area contributed by atoms with Crippen LogP contribution in [0.1, 0.15) is 27.7 Å². The van der Waals surface area contributed by atoms with Crippen molar-refractivity contribution in [2.24, 2.45) is 7.05 Å². The number of aromatic nitrogens is 3. The first-order valence-electron chi connectivity index (χ1n) is 8.68. The lowest BCUT2D eigenvalue weighted by Crippen LogP contribution is -2.41.